The third-order valence-corrected chi connectivity index (χ3v) is 6.12. The molecule has 2 fully saturated rings. The molecule has 3 N–H and O–H groups in total. The number of anilines is 1. The Hall–Kier alpha value is -2.48. The first kappa shape index (κ1) is 15.7. The van der Waals surface area contributed by atoms with Crippen LogP contribution in [0.5, 0.6) is 0 Å². The lowest BCUT2D eigenvalue weighted by atomic mass is 9.80. The molecule has 8 nitrogen and oxygen atoms in total. The number of amides is 1. The lowest BCUT2D eigenvalue weighted by molar-refractivity contribution is -0.130. The average molecular weight is 353 g/mol. The Morgan fingerprint density at radius 3 is 3.12 bits per heavy atom. The molecule has 2 aromatic heterocycles. The van der Waals surface area contributed by atoms with Crippen LogP contribution < -0.4 is 15.5 Å². The van der Waals surface area contributed by atoms with Crippen LogP contribution >= 0.6 is 0 Å². The maximum absolute atomic E-state index is 13.2. The molecular weight excluding hydrogens is 330 g/mol. The highest BCUT2D eigenvalue weighted by Crippen LogP contribution is 2.40. The first-order chi connectivity index (χ1) is 12.8. The molecular formula is C18H23N7O. The maximum atomic E-state index is 13.2. The molecule has 4 heterocycles. The van der Waals surface area contributed by atoms with E-state index in [1.807, 2.05) is 6.07 Å². The number of fused-ring (bicyclic) bond motifs is 2. The van der Waals surface area contributed by atoms with Crippen LogP contribution in [0, 0.1) is 11.3 Å². The predicted octanol–water partition coefficient (Wildman–Crippen LogP) is 0.0306. The van der Waals surface area contributed by atoms with Gasteiger partial charge in [-0.3, -0.25) is 9.89 Å². The summed E-state index contributed by atoms with van der Waals surface area (Å²) in [6.07, 6.45) is 6.80. The van der Waals surface area contributed by atoms with Crippen molar-refractivity contribution in [1.29, 1.82) is 0 Å². The highest BCUT2D eigenvalue weighted by Gasteiger charge is 2.55. The summed E-state index contributed by atoms with van der Waals surface area (Å²) in [6, 6.07) is 1.81. The van der Waals surface area contributed by atoms with E-state index in [4.69, 9.17) is 0 Å². The summed E-state index contributed by atoms with van der Waals surface area (Å²) >= 11 is 0. The molecule has 136 valence electrons. The number of hydrogen-bond donors (Lipinski definition) is 3. The van der Waals surface area contributed by atoms with Crippen molar-refractivity contribution in [3.05, 3.63) is 35.4 Å². The summed E-state index contributed by atoms with van der Waals surface area (Å²) in [7, 11) is 0. The van der Waals surface area contributed by atoms with Gasteiger partial charge in [-0.05, 0) is 30.9 Å². The topological polar surface area (TPSA) is 98.8 Å². The van der Waals surface area contributed by atoms with Gasteiger partial charge in [-0.1, -0.05) is 0 Å². The van der Waals surface area contributed by atoms with Crippen LogP contribution in [0.2, 0.25) is 0 Å². The van der Waals surface area contributed by atoms with Crippen molar-refractivity contribution in [2.24, 2.45) is 11.3 Å². The van der Waals surface area contributed by atoms with E-state index in [1.54, 1.807) is 12.4 Å². The van der Waals surface area contributed by atoms with Gasteiger partial charge >= 0.3 is 0 Å². The van der Waals surface area contributed by atoms with Gasteiger partial charge in [0.2, 0.25) is 11.9 Å². The number of rotatable bonds is 4. The monoisotopic (exact) mass is 353 g/mol. The fourth-order valence-electron chi connectivity index (χ4n) is 4.72. The van der Waals surface area contributed by atoms with E-state index >= 15 is 0 Å². The number of carbonyl (C=O) groups is 1. The van der Waals surface area contributed by atoms with Gasteiger partial charge in [0.25, 0.3) is 0 Å². The van der Waals surface area contributed by atoms with Crippen molar-refractivity contribution in [3.8, 4) is 0 Å². The Labute approximate surface area is 151 Å². The number of nitrogens with one attached hydrogen (secondary N) is 3. The number of nitrogens with zero attached hydrogens (tertiary/aromatic N) is 4. The van der Waals surface area contributed by atoms with Crippen molar-refractivity contribution in [2.75, 3.05) is 31.1 Å². The second kappa shape index (κ2) is 6.05. The highest BCUT2D eigenvalue weighted by atomic mass is 16.2. The molecule has 3 aliphatic rings. The van der Waals surface area contributed by atoms with E-state index in [0.29, 0.717) is 25.6 Å². The zero-order chi connectivity index (χ0) is 17.6. The van der Waals surface area contributed by atoms with E-state index in [-0.39, 0.29) is 11.8 Å². The Balaban J connectivity index is 1.31. The molecule has 0 saturated carbocycles. The summed E-state index contributed by atoms with van der Waals surface area (Å²) in [6.45, 7) is 3.52. The van der Waals surface area contributed by atoms with E-state index in [2.05, 4.69) is 35.7 Å². The summed E-state index contributed by atoms with van der Waals surface area (Å²) in [5.41, 5.74) is 3.11. The quantitative estimate of drug-likeness (QED) is 0.717. The van der Waals surface area contributed by atoms with Gasteiger partial charge in [-0.2, -0.15) is 5.10 Å². The maximum Gasteiger partial charge on any atom is 0.230 e. The Morgan fingerprint density at radius 2 is 2.23 bits per heavy atom. The van der Waals surface area contributed by atoms with E-state index in [1.165, 1.54) is 17.7 Å². The molecule has 2 aliphatic heterocycles. The molecule has 5 rings (SSSR count). The van der Waals surface area contributed by atoms with Crippen molar-refractivity contribution in [1.82, 2.24) is 30.8 Å². The first-order valence-corrected chi connectivity index (χ1v) is 9.32. The predicted molar refractivity (Wildman–Crippen MR) is 95.5 cm³/mol. The van der Waals surface area contributed by atoms with Crippen LogP contribution in [-0.2, 0) is 24.2 Å². The zero-order valence-corrected chi connectivity index (χ0v) is 14.7. The SMILES string of the molecule is O=C(NCc1n[nH]c2c1CCC2)[C@@]12CNC[C@@H]1CN(c1ncccn1)C2. The second-order valence-corrected chi connectivity index (χ2v) is 7.58. The number of aromatic nitrogens is 4. The van der Waals surface area contributed by atoms with Crippen LogP contribution in [0.4, 0.5) is 5.95 Å². The molecule has 0 aromatic carbocycles. The first-order valence-electron chi connectivity index (χ1n) is 9.32. The molecule has 2 saturated heterocycles. The van der Waals surface area contributed by atoms with Crippen molar-refractivity contribution in [2.45, 2.75) is 25.8 Å². The molecule has 0 radical (unpaired) electrons. The van der Waals surface area contributed by atoms with E-state index < -0.39 is 5.41 Å². The minimum atomic E-state index is -0.418. The largest absolute Gasteiger partial charge is 0.350 e. The summed E-state index contributed by atoms with van der Waals surface area (Å²) in [5.74, 6) is 1.09. The van der Waals surface area contributed by atoms with Crippen molar-refractivity contribution < 1.29 is 4.79 Å². The standard InChI is InChI=1S/C18H23N7O/c26-16(22-8-15-13-3-1-4-14(13)23-24-15)18-10-19-7-12(18)9-25(11-18)17-20-5-2-6-21-17/h2,5-6,12,19H,1,3-4,7-11H2,(H,22,26)(H,23,24)/t12-,18-/m1/s1. The van der Waals surface area contributed by atoms with Gasteiger partial charge < -0.3 is 15.5 Å². The number of aryl methyl sites for hydroxylation is 1. The normalized spacial score (nSPS) is 26.8. The Morgan fingerprint density at radius 1 is 1.35 bits per heavy atom. The molecule has 2 aromatic rings. The van der Waals surface area contributed by atoms with Gasteiger partial charge in [-0.15, -0.1) is 0 Å². The molecule has 0 unspecified atom stereocenters. The zero-order valence-electron chi connectivity index (χ0n) is 14.7. The second-order valence-electron chi connectivity index (χ2n) is 7.58. The summed E-state index contributed by atoms with van der Waals surface area (Å²) in [4.78, 5) is 24.0. The van der Waals surface area contributed by atoms with Gasteiger partial charge in [-0.25, -0.2) is 9.97 Å². The van der Waals surface area contributed by atoms with Gasteiger partial charge in [0.05, 0.1) is 17.7 Å². The minimum Gasteiger partial charge on any atom is -0.350 e. The van der Waals surface area contributed by atoms with E-state index in [0.717, 1.165) is 31.6 Å². The Bertz CT molecular complexity index is 820. The molecule has 26 heavy (non-hydrogen) atoms. The van der Waals surface area contributed by atoms with Gasteiger partial charge in [0.1, 0.15) is 0 Å². The molecule has 2 atom stereocenters. The lowest BCUT2D eigenvalue weighted by Crippen LogP contribution is -2.47. The average Bonchev–Trinajstić information content (AvgIpc) is 3.40. The molecule has 1 aliphatic carbocycles. The minimum absolute atomic E-state index is 0.112. The van der Waals surface area contributed by atoms with Crippen LogP contribution in [0.3, 0.4) is 0 Å². The summed E-state index contributed by atoms with van der Waals surface area (Å²) in [5, 5.41) is 14.1. The fraction of sp³-hybridized carbons (Fsp3) is 0.556. The van der Waals surface area contributed by atoms with Crippen LogP contribution in [-0.4, -0.2) is 52.3 Å². The van der Waals surface area contributed by atoms with Crippen LogP contribution in [0.15, 0.2) is 18.5 Å². The smallest absolute Gasteiger partial charge is 0.230 e. The number of aromatic amines is 1. The van der Waals surface area contributed by atoms with Crippen LogP contribution in [0.25, 0.3) is 0 Å². The third kappa shape index (κ3) is 2.39. The fourth-order valence-corrected chi connectivity index (χ4v) is 4.72. The van der Waals surface area contributed by atoms with Gasteiger partial charge in [0, 0.05) is 50.2 Å². The number of hydrogen-bond acceptors (Lipinski definition) is 6. The van der Waals surface area contributed by atoms with Crippen LogP contribution in [0.1, 0.15) is 23.4 Å². The number of H-pyrrole nitrogens is 1. The molecule has 1 amide bonds. The summed E-state index contributed by atoms with van der Waals surface area (Å²) < 4.78 is 0. The van der Waals surface area contributed by atoms with Crippen molar-refractivity contribution in [3.63, 3.8) is 0 Å². The molecule has 0 bridgehead atoms. The third-order valence-electron chi connectivity index (χ3n) is 6.12. The van der Waals surface area contributed by atoms with Gasteiger partial charge in [0.15, 0.2) is 0 Å². The van der Waals surface area contributed by atoms with E-state index in [9.17, 15) is 4.79 Å². The highest BCUT2D eigenvalue weighted by molar-refractivity contribution is 5.85. The molecule has 8 heteroatoms. The Kier molecular flexibility index (Phi) is 3.66. The molecule has 0 spiro atoms. The number of carbonyl (C=O) groups excluding carboxylic acids is 1. The lowest BCUT2D eigenvalue weighted by Gasteiger charge is -2.26. The van der Waals surface area contributed by atoms with Crippen molar-refractivity contribution >= 4 is 11.9 Å².